The normalized spacial score (nSPS) is 30.3. The van der Waals surface area contributed by atoms with E-state index in [9.17, 15) is 30.7 Å². The van der Waals surface area contributed by atoms with Crippen LogP contribution in [0.15, 0.2) is 23.8 Å². The van der Waals surface area contributed by atoms with Gasteiger partial charge in [0.05, 0.1) is 6.10 Å². The first-order valence-corrected chi connectivity index (χ1v) is 13.8. The monoisotopic (exact) mass is 526 g/mol. The maximum absolute atomic E-state index is 13.8. The van der Waals surface area contributed by atoms with Crippen molar-refractivity contribution in [2.75, 3.05) is 6.67 Å². The zero-order valence-electron chi connectivity index (χ0n) is 21.3. The Balaban J connectivity index is 1.41. The average molecular weight is 527 g/mol. The summed E-state index contributed by atoms with van der Waals surface area (Å²) in [6.45, 7) is -0.658. The van der Waals surface area contributed by atoms with E-state index in [-0.39, 0.29) is 12.3 Å². The zero-order valence-corrected chi connectivity index (χ0v) is 21.3. The van der Waals surface area contributed by atoms with E-state index >= 15 is 0 Å². The minimum Gasteiger partial charge on any atom is -0.308 e. The van der Waals surface area contributed by atoms with E-state index in [1.54, 1.807) is 12.2 Å². The lowest BCUT2D eigenvalue weighted by Crippen LogP contribution is -2.57. The van der Waals surface area contributed by atoms with Crippen LogP contribution in [0.2, 0.25) is 0 Å². The first-order chi connectivity index (χ1) is 17.0. The molecule has 0 heterocycles. The molecule has 208 valence electrons. The first kappa shape index (κ1) is 29.5. The lowest BCUT2D eigenvalue weighted by atomic mass is 9.67. The fourth-order valence-corrected chi connectivity index (χ4v) is 6.30. The molecule has 1 nitrogen and oxygen atoms in total. The molecule has 36 heavy (non-hydrogen) atoms. The van der Waals surface area contributed by atoms with Crippen LogP contribution in [0.4, 0.5) is 30.7 Å². The van der Waals surface area contributed by atoms with Crippen LogP contribution in [0.3, 0.4) is 0 Å². The summed E-state index contributed by atoms with van der Waals surface area (Å²) in [5.74, 6) is -8.77. The van der Waals surface area contributed by atoms with Crippen LogP contribution < -0.4 is 0 Å². The van der Waals surface area contributed by atoms with Crippen molar-refractivity contribution in [3.05, 3.63) is 23.8 Å². The number of alkyl halides is 7. The van der Waals surface area contributed by atoms with E-state index in [4.69, 9.17) is 0 Å². The summed E-state index contributed by atoms with van der Waals surface area (Å²) in [5, 5.41) is 0. The van der Waals surface area contributed by atoms with Crippen molar-refractivity contribution in [1.82, 2.24) is 0 Å². The van der Waals surface area contributed by atoms with Crippen molar-refractivity contribution < 1.29 is 35.5 Å². The van der Waals surface area contributed by atoms with Gasteiger partial charge in [0.25, 0.3) is 0 Å². The lowest BCUT2D eigenvalue weighted by molar-refractivity contribution is -0.405. The molecule has 3 aliphatic rings. The molecular weight excluding hydrogens is 485 g/mol. The highest BCUT2D eigenvalue weighted by atomic mass is 19.4. The Kier molecular flexibility index (Phi) is 10.4. The summed E-state index contributed by atoms with van der Waals surface area (Å²) in [4.78, 5) is 0. The smallest absolute Gasteiger partial charge is 0.308 e. The van der Waals surface area contributed by atoms with Crippen molar-refractivity contribution in [2.24, 2.45) is 23.7 Å². The van der Waals surface area contributed by atoms with Gasteiger partial charge in [-0.05, 0) is 74.2 Å². The molecule has 2 fully saturated rings. The Hall–Kier alpha value is -1.05. The minimum atomic E-state index is -5.95. The summed E-state index contributed by atoms with van der Waals surface area (Å²) in [7, 11) is 0. The molecule has 3 aliphatic carbocycles. The Morgan fingerprint density at radius 2 is 1.44 bits per heavy atom. The third-order valence-corrected chi connectivity index (χ3v) is 8.65. The molecule has 2 saturated carbocycles. The van der Waals surface area contributed by atoms with Crippen LogP contribution in [0.5, 0.6) is 0 Å². The molecule has 0 aromatic heterocycles. The largest absolute Gasteiger partial charge is 0.426 e. The highest BCUT2D eigenvalue weighted by Crippen LogP contribution is 2.48. The van der Waals surface area contributed by atoms with Crippen LogP contribution in [0, 0.1) is 23.7 Å². The molecule has 0 aromatic rings. The molecule has 0 aliphatic heterocycles. The molecule has 0 amide bonds. The second-order valence-electron chi connectivity index (χ2n) is 11.1. The fourth-order valence-electron chi connectivity index (χ4n) is 6.30. The van der Waals surface area contributed by atoms with Gasteiger partial charge in [0, 0.05) is 0 Å². The van der Waals surface area contributed by atoms with Crippen molar-refractivity contribution >= 4 is 0 Å². The molecule has 1 atom stereocenters. The maximum Gasteiger partial charge on any atom is 0.426 e. The van der Waals surface area contributed by atoms with Crippen molar-refractivity contribution in [3.8, 4) is 0 Å². The summed E-state index contributed by atoms with van der Waals surface area (Å²) >= 11 is 0. The van der Waals surface area contributed by atoms with Crippen LogP contribution >= 0.6 is 0 Å². The van der Waals surface area contributed by atoms with Gasteiger partial charge in [0.1, 0.15) is 0 Å². The van der Waals surface area contributed by atoms with E-state index in [1.807, 2.05) is 0 Å². The average Bonchev–Trinajstić information content (AvgIpc) is 2.87. The Morgan fingerprint density at radius 3 is 1.97 bits per heavy atom. The SMILES string of the molecule is CCCCCC[C@H]1CC[C@H](C2CCC(C3=CCC(OC(F)(F)C(F)(F)C(F)(F)CF)C=C3)CC2)CC1. The van der Waals surface area contributed by atoms with Gasteiger partial charge in [-0.1, -0.05) is 70.1 Å². The molecule has 0 bridgehead atoms. The van der Waals surface area contributed by atoms with Crippen molar-refractivity contribution in [1.29, 1.82) is 0 Å². The number of halogens is 7. The van der Waals surface area contributed by atoms with Crippen molar-refractivity contribution in [2.45, 2.75) is 121 Å². The van der Waals surface area contributed by atoms with E-state index in [0.29, 0.717) is 0 Å². The standard InChI is InChI=1S/C28H41F7O/c1-2-3-4-5-6-20-7-9-21(10-8-20)22-11-13-23(14-12-22)24-15-17-25(18-16-24)36-28(34,35)27(32,33)26(30,31)19-29/h15-17,20-23,25H,2-14,18-19H2,1H3/t20-,21-,22?,23?,25?. The summed E-state index contributed by atoms with van der Waals surface area (Å²) < 4.78 is 96.9. The molecule has 0 N–H and O–H groups in total. The fraction of sp³-hybridized carbons (Fsp3) is 0.857. The topological polar surface area (TPSA) is 9.23 Å². The molecule has 3 rings (SSSR count). The van der Waals surface area contributed by atoms with E-state index < -0.39 is 30.7 Å². The third-order valence-electron chi connectivity index (χ3n) is 8.65. The van der Waals surface area contributed by atoms with E-state index in [2.05, 4.69) is 11.7 Å². The van der Waals surface area contributed by atoms with Gasteiger partial charge in [-0.3, -0.25) is 0 Å². The summed E-state index contributed by atoms with van der Waals surface area (Å²) in [6.07, 6.45) is 13.7. The zero-order chi connectivity index (χ0) is 26.4. The van der Waals surface area contributed by atoms with E-state index in [1.165, 1.54) is 63.9 Å². The van der Waals surface area contributed by atoms with Crippen LogP contribution in [-0.2, 0) is 4.74 Å². The molecule has 0 aromatic carbocycles. The number of unbranched alkanes of at least 4 members (excludes halogenated alkanes) is 3. The summed E-state index contributed by atoms with van der Waals surface area (Å²) in [6, 6.07) is 0. The lowest BCUT2D eigenvalue weighted by Gasteiger charge is -2.38. The molecule has 8 heteroatoms. The Morgan fingerprint density at radius 1 is 0.833 bits per heavy atom. The maximum atomic E-state index is 13.8. The number of allylic oxidation sites excluding steroid dienone is 2. The number of ether oxygens (including phenoxy) is 1. The van der Waals surface area contributed by atoms with Gasteiger partial charge < -0.3 is 4.74 Å². The van der Waals surface area contributed by atoms with E-state index in [0.717, 1.165) is 49.0 Å². The third kappa shape index (κ3) is 7.08. The van der Waals surface area contributed by atoms with Crippen LogP contribution in [0.1, 0.15) is 96.8 Å². The van der Waals surface area contributed by atoms with Gasteiger partial charge in [-0.25, -0.2) is 4.39 Å². The predicted octanol–water partition coefficient (Wildman–Crippen LogP) is 9.67. The van der Waals surface area contributed by atoms with Crippen LogP contribution in [0.25, 0.3) is 0 Å². The molecule has 0 spiro atoms. The molecular formula is C28H41F7O. The number of hydrogen-bond donors (Lipinski definition) is 0. The van der Waals surface area contributed by atoms with Crippen LogP contribution in [-0.4, -0.2) is 30.7 Å². The van der Waals surface area contributed by atoms with Gasteiger partial charge in [-0.2, -0.15) is 26.3 Å². The second kappa shape index (κ2) is 12.7. The highest BCUT2D eigenvalue weighted by Gasteiger charge is 2.73. The molecule has 1 unspecified atom stereocenters. The highest BCUT2D eigenvalue weighted by molar-refractivity contribution is 5.27. The van der Waals surface area contributed by atoms with Gasteiger partial charge in [0.15, 0.2) is 6.67 Å². The Bertz CT molecular complexity index is 732. The van der Waals surface area contributed by atoms with Gasteiger partial charge >= 0.3 is 18.0 Å². The quantitative estimate of drug-likeness (QED) is 0.182. The number of rotatable bonds is 12. The predicted molar refractivity (Wildman–Crippen MR) is 127 cm³/mol. The molecule has 0 saturated heterocycles. The summed E-state index contributed by atoms with van der Waals surface area (Å²) in [5.41, 5.74) is 0.966. The second-order valence-corrected chi connectivity index (χ2v) is 11.1. The first-order valence-electron chi connectivity index (χ1n) is 13.8. The Labute approximate surface area is 210 Å². The number of hydrogen-bond acceptors (Lipinski definition) is 1. The van der Waals surface area contributed by atoms with Crippen molar-refractivity contribution in [3.63, 3.8) is 0 Å². The minimum absolute atomic E-state index is 0.110. The van der Waals surface area contributed by atoms with Gasteiger partial charge in [-0.15, -0.1) is 0 Å². The van der Waals surface area contributed by atoms with Gasteiger partial charge in [0.2, 0.25) is 0 Å². The molecule has 0 radical (unpaired) electrons.